The molecule has 3 aliphatic rings. The number of amides is 2. The number of nitrogens with zero attached hydrogens (tertiary/aromatic N) is 3. The molecule has 36 heavy (non-hydrogen) atoms. The number of para-hydroxylation sites is 1. The summed E-state index contributed by atoms with van der Waals surface area (Å²) in [4.78, 5) is 29.3. The minimum Gasteiger partial charge on any atom is -0.383 e. The molecule has 3 N–H and O–H groups in total. The lowest BCUT2D eigenvalue weighted by Gasteiger charge is -2.41. The van der Waals surface area contributed by atoms with E-state index in [1.165, 1.54) is 5.56 Å². The van der Waals surface area contributed by atoms with E-state index in [0.29, 0.717) is 23.6 Å². The molecule has 0 unspecified atom stereocenters. The molecule has 0 spiro atoms. The number of methoxy groups -OCH3 is 1. The molecule has 0 bridgehead atoms. The number of carbonyl (C=O) groups is 2. The molecule has 0 radical (unpaired) electrons. The summed E-state index contributed by atoms with van der Waals surface area (Å²) < 4.78 is 5.52. The van der Waals surface area contributed by atoms with Crippen molar-refractivity contribution in [1.82, 2.24) is 25.6 Å². The molecule has 5 atom stereocenters. The molecule has 9 heteroatoms. The van der Waals surface area contributed by atoms with Gasteiger partial charge in [-0.05, 0) is 49.1 Å². The third-order valence-electron chi connectivity index (χ3n) is 8.19. The van der Waals surface area contributed by atoms with Crippen LogP contribution in [0, 0.1) is 11.8 Å². The number of aromatic nitrogens is 3. The smallest absolute Gasteiger partial charge is 0.251 e. The van der Waals surface area contributed by atoms with Crippen LogP contribution in [0.5, 0.6) is 0 Å². The molecule has 1 aromatic heterocycles. The summed E-state index contributed by atoms with van der Waals surface area (Å²) in [5.41, 5.74) is 4.16. The predicted octanol–water partition coefficient (Wildman–Crippen LogP) is 3.28. The van der Waals surface area contributed by atoms with Crippen molar-refractivity contribution in [2.75, 3.05) is 25.6 Å². The molecular formula is C27H32N6O3. The lowest BCUT2D eigenvalue weighted by atomic mass is 9.81. The summed E-state index contributed by atoms with van der Waals surface area (Å²) in [6, 6.07) is 13.6. The molecule has 1 aliphatic carbocycles. The number of hydrogen-bond donors (Lipinski definition) is 3. The van der Waals surface area contributed by atoms with Gasteiger partial charge in [-0.3, -0.25) is 9.59 Å². The van der Waals surface area contributed by atoms with E-state index < -0.39 is 0 Å². The Labute approximate surface area is 210 Å². The van der Waals surface area contributed by atoms with Gasteiger partial charge in [-0.2, -0.15) is 15.4 Å². The van der Waals surface area contributed by atoms with E-state index >= 15 is 0 Å². The second kappa shape index (κ2) is 9.54. The fourth-order valence-electron chi connectivity index (χ4n) is 6.47. The molecule has 3 heterocycles. The molecule has 1 saturated heterocycles. The zero-order valence-electron chi connectivity index (χ0n) is 20.4. The Morgan fingerprint density at radius 2 is 1.92 bits per heavy atom. The summed E-state index contributed by atoms with van der Waals surface area (Å²) in [7, 11) is 1.73. The highest BCUT2D eigenvalue weighted by Crippen LogP contribution is 2.47. The highest BCUT2D eigenvalue weighted by molar-refractivity contribution is 5.97. The average molecular weight is 489 g/mol. The van der Waals surface area contributed by atoms with Crippen LogP contribution in [0.25, 0.3) is 11.0 Å². The number of nitrogens with one attached hydrogen (secondary N) is 3. The zero-order chi connectivity index (χ0) is 24.6. The molecule has 2 amide bonds. The van der Waals surface area contributed by atoms with Gasteiger partial charge >= 0.3 is 0 Å². The number of hydrogen-bond acceptors (Lipinski definition) is 6. The van der Waals surface area contributed by atoms with E-state index in [9.17, 15) is 9.59 Å². The first kappa shape index (κ1) is 23.0. The van der Waals surface area contributed by atoms with Gasteiger partial charge in [-0.1, -0.05) is 31.0 Å². The largest absolute Gasteiger partial charge is 0.383 e. The number of carbonyl (C=O) groups excluding carboxylic acids is 2. The van der Waals surface area contributed by atoms with Gasteiger partial charge < -0.3 is 20.3 Å². The normalized spacial score (nSPS) is 27.2. The quantitative estimate of drug-likeness (QED) is 0.508. The van der Waals surface area contributed by atoms with E-state index in [1.807, 2.05) is 12.1 Å². The van der Waals surface area contributed by atoms with E-state index in [0.717, 1.165) is 49.9 Å². The third-order valence-corrected chi connectivity index (χ3v) is 8.19. The lowest BCUT2D eigenvalue weighted by molar-refractivity contribution is -0.139. The number of benzene rings is 2. The number of aromatic amines is 1. The third kappa shape index (κ3) is 4.01. The van der Waals surface area contributed by atoms with Crippen LogP contribution in [0.15, 0.2) is 42.5 Å². The molecule has 2 fully saturated rings. The van der Waals surface area contributed by atoms with Crippen LogP contribution in [0.3, 0.4) is 0 Å². The monoisotopic (exact) mass is 488 g/mol. The van der Waals surface area contributed by atoms with Gasteiger partial charge in [0, 0.05) is 36.9 Å². The zero-order valence-corrected chi connectivity index (χ0v) is 20.4. The van der Waals surface area contributed by atoms with Gasteiger partial charge in [-0.15, -0.1) is 0 Å². The molecular weight excluding hydrogens is 456 g/mol. The van der Waals surface area contributed by atoms with Crippen molar-refractivity contribution in [2.45, 2.75) is 50.2 Å². The van der Waals surface area contributed by atoms with Crippen molar-refractivity contribution < 1.29 is 14.3 Å². The van der Waals surface area contributed by atoms with Gasteiger partial charge in [0.25, 0.3) is 5.91 Å². The molecule has 3 aromatic rings. The second-order valence-electron chi connectivity index (χ2n) is 10.2. The Balaban J connectivity index is 1.23. The van der Waals surface area contributed by atoms with E-state index in [4.69, 9.17) is 4.74 Å². The number of ether oxygens (including phenoxy) is 1. The maximum absolute atomic E-state index is 14.1. The van der Waals surface area contributed by atoms with Gasteiger partial charge in [0.15, 0.2) is 0 Å². The van der Waals surface area contributed by atoms with Crippen molar-refractivity contribution in [2.24, 2.45) is 11.8 Å². The Hall–Kier alpha value is -3.46. The molecule has 2 aromatic carbocycles. The average Bonchev–Trinajstić information content (AvgIpc) is 3.56. The SMILES string of the molecule is COC[C@@H]1Nc2ccccc2[C@H]2[C@H]1CCN2C(=O)[C@H]1CCCC[C@H]1NC(=O)c1ccc2n[nH]nc2c1. The maximum Gasteiger partial charge on any atom is 0.251 e. The van der Waals surface area contributed by atoms with Crippen LogP contribution >= 0.6 is 0 Å². The molecule has 1 saturated carbocycles. The molecule has 6 rings (SSSR count). The second-order valence-corrected chi connectivity index (χ2v) is 10.2. The van der Waals surface area contributed by atoms with Gasteiger partial charge in [-0.25, -0.2) is 0 Å². The van der Waals surface area contributed by atoms with Crippen molar-refractivity contribution in [3.05, 3.63) is 53.6 Å². The van der Waals surface area contributed by atoms with Crippen LogP contribution < -0.4 is 10.6 Å². The Morgan fingerprint density at radius 3 is 2.81 bits per heavy atom. The Bertz CT molecular complexity index is 1280. The number of H-pyrrole nitrogens is 1. The number of rotatable bonds is 5. The topological polar surface area (TPSA) is 112 Å². The van der Waals surface area contributed by atoms with E-state index in [1.54, 1.807) is 25.3 Å². The maximum atomic E-state index is 14.1. The van der Waals surface area contributed by atoms with Crippen LogP contribution in [0.1, 0.15) is 54.1 Å². The fourth-order valence-corrected chi connectivity index (χ4v) is 6.47. The van der Waals surface area contributed by atoms with Crippen molar-refractivity contribution in [3.63, 3.8) is 0 Å². The number of anilines is 1. The summed E-state index contributed by atoms with van der Waals surface area (Å²) in [6.07, 6.45) is 4.54. The predicted molar refractivity (Wildman–Crippen MR) is 135 cm³/mol. The highest BCUT2D eigenvalue weighted by atomic mass is 16.5. The van der Waals surface area contributed by atoms with Crippen molar-refractivity contribution in [1.29, 1.82) is 0 Å². The summed E-state index contributed by atoms with van der Waals surface area (Å²) >= 11 is 0. The van der Waals surface area contributed by atoms with E-state index in [-0.39, 0.29) is 35.9 Å². The standard InChI is InChI=1S/C27H32N6O3/c1-36-15-24-18-12-13-33(25(18)17-6-2-4-8-20(17)28-24)27(35)19-7-3-5-9-21(19)29-26(34)16-10-11-22-23(14-16)31-32-30-22/h2,4,6,8,10-11,14,18-19,21,24-25,28H,3,5,7,9,12-13,15H2,1H3,(H,29,34)(H,30,31,32)/t18-,19-,21+,24-,25-/m0/s1. The first-order valence-electron chi connectivity index (χ1n) is 12.9. The molecule has 9 nitrogen and oxygen atoms in total. The summed E-state index contributed by atoms with van der Waals surface area (Å²) in [6.45, 7) is 1.33. The van der Waals surface area contributed by atoms with E-state index in [2.05, 4.69) is 43.1 Å². The first-order chi connectivity index (χ1) is 17.6. The summed E-state index contributed by atoms with van der Waals surface area (Å²) in [5.74, 6) is 0.0679. The van der Waals surface area contributed by atoms with Crippen molar-refractivity contribution in [3.8, 4) is 0 Å². The minimum atomic E-state index is -0.222. The lowest BCUT2D eigenvalue weighted by Crippen LogP contribution is -2.50. The summed E-state index contributed by atoms with van der Waals surface area (Å²) in [5, 5.41) is 17.6. The Kier molecular flexibility index (Phi) is 6.08. The van der Waals surface area contributed by atoms with Gasteiger partial charge in [0.05, 0.1) is 24.6 Å². The minimum absolute atomic E-state index is 0.0305. The van der Waals surface area contributed by atoms with Crippen LogP contribution in [0.4, 0.5) is 5.69 Å². The number of fused-ring (bicyclic) bond motifs is 4. The van der Waals surface area contributed by atoms with Gasteiger partial charge in [0.2, 0.25) is 5.91 Å². The van der Waals surface area contributed by atoms with Crippen LogP contribution in [0.2, 0.25) is 0 Å². The first-order valence-corrected chi connectivity index (χ1v) is 12.9. The van der Waals surface area contributed by atoms with Gasteiger partial charge in [0.1, 0.15) is 11.0 Å². The molecule has 188 valence electrons. The Morgan fingerprint density at radius 1 is 1.08 bits per heavy atom. The fraction of sp³-hybridized carbons (Fsp3) is 0.481. The van der Waals surface area contributed by atoms with Crippen molar-refractivity contribution >= 4 is 28.5 Å². The molecule has 2 aliphatic heterocycles. The van der Waals surface area contributed by atoms with Crippen LogP contribution in [-0.2, 0) is 9.53 Å². The number of likely N-dealkylation sites (tertiary alicyclic amines) is 1. The highest BCUT2D eigenvalue weighted by Gasteiger charge is 2.48. The van der Waals surface area contributed by atoms with Crippen LogP contribution in [-0.4, -0.2) is 64.5 Å².